The molecule has 0 aliphatic heterocycles. The van der Waals surface area contributed by atoms with E-state index < -0.39 is 5.41 Å². The van der Waals surface area contributed by atoms with Gasteiger partial charge in [0, 0.05) is 5.69 Å². The summed E-state index contributed by atoms with van der Waals surface area (Å²) >= 11 is 0. The average molecular weight is 265 g/mol. The Kier molecular flexibility index (Phi) is 3.42. The number of benzene rings is 1. The first-order chi connectivity index (χ1) is 8.98. The summed E-state index contributed by atoms with van der Waals surface area (Å²) in [6.45, 7) is 1.99. The van der Waals surface area contributed by atoms with Gasteiger partial charge in [0.25, 0.3) is 0 Å². The van der Waals surface area contributed by atoms with Crippen LogP contribution in [0.25, 0.3) is 0 Å². The quantitative estimate of drug-likeness (QED) is 0.338. The van der Waals surface area contributed by atoms with Gasteiger partial charge in [-0.15, -0.1) is 0 Å². The molecule has 1 saturated carbocycles. The molecule has 0 spiro atoms. The highest BCUT2D eigenvalue weighted by molar-refractivity contribution is 6.12. The monoisotopic (exact) mass is 265 g/mol. The van der Waals surface area contributed by atoms with Crippen LogP contribution >= 0.6 is 0 Å². The zero-order chi connectivity index (χ0) is 14.0. The van der Waals surface area contributed by atoms with Gasteiger partial charge in [-0.05, 0) is 43.0 Å². The van der Waals surface area contributed by atoms with Gasteiger partial charge in [0.1, 0.15) is 11.2 Å². The normalized spacial score (nSPS) is 26.6. The summed E-state index contributed by atoms with van der Waals surface area (Å²) in [7, 11) is 0. The minimum Gasteiger partial charge on any atom is -0.409 e. The maximum absolute atomic E-state index is 12.8. The van der Waals surface area contributed by atoms with Gasteiger partial charge in [-0.3, -0.25) is 4.79 Å². The van der Waals surface area contributed by atoms with Crippen LogP contribution in [0.3, 0.4) is 0 Å². The number of rotatable bonds is 3. The molecule has 5 nitrogen and oxygen atoms in total. The number of nitrogens with one attached hydrogen (secondary N) is 1. The van der Waals surface area contributed by atoms with E-state index in [2.05, 4.69) is 10.5 Å². The van der Waals surface area contributed by atoms with Crippen LogP contribution in [0, 0.1) is 17.2 Å². The highest BCUT2D eigenvalue weighted by Gasteiger charge is 2.52. The molecular formula is C13H16FN3O2. The maximum Gasteiger partial charge on any atom is 0.238 e. The van der Waals surface area contributed by atoms with Gasteiger partial charge in [0.2, 0.25) is 5.91 Å². The van der Waals surface area contributed by atoms with Crippen molar-refractivity contribution < 1.29 is 14.4 Å². The highest BCUT2D eigenvalue weighted by Crippen LogP contribution is 2.46. The summed E-state index contributed by atoms with van der Waals surface area (Å²) in [5, 5.41) is 14.4. The van der Waals surface area contributed by atoms with Gasteiger partial charge in [-0.2, -0.15) is 0 Å². The van der Waals surface area contributed by atoms with Crippen LogP contribution in [0.1, 0.15) is 19.8 Å². The van der Waals surface area contributed by atoms with Crippen molar-refractivity contribution in [1.29, 1.82) is 0 Å². The van der Waals surface area contributed by atoms with Crippen molar-refractivity contribution in [3.05, 3.63) is 30.1 Å². The second-order valence-corrected chi connectivity index (χ2v) is 5.04. The van der Waals surface area contributed by atoms with E-state index in [4.69, 9.17) is 10.9 Å². The summed E-state index contributed by atoms with van der Waals surface area (Å²) in [5.41, 5.74) is 5.16. The lowest BCUT2D eigenvalue weighted by atomic mass is 9.61. The molecule has 0 aromatic heterocycles. The lowest BCUT2D eigenvalue weighted by Crippen LogP contribution is -2.54. The topological polar surface area (TPSA) is 87.7 Å². The number of hydrogen-bond acceptors (Lipinski definition) is 3. The Balaban J connectivity index is 2.15. The minimum atomic E-state index is -0.956. The molecular weight excluding hydrogens is 249 g/mol. The molecule has 0 saturated heterocycles. The lowest BCUT2D eigenvalue weighted by molar-refractivity contribution is -0.127. The molecule has 2 rings (SSSR count). The molecule has 1 fully saturated rings. The van der Waals surface area contributed by atoms with E-state index in [1.807, 2.05) is 6.92 Å². The molecule has 4 N–H and O–H groups in total. The Morgan fingerprint density at radius 2 is 2.05 bits per heavy atom. The third kappa shape index (κ3) is 2.38. The fourth-order valence-electron chi connectivity index (χ4n) is 2.52. The van der Waals surface area contributed by atoms with Crippen molar-refractivity contribution in [2.45, 2.75) is 19.8 Å². The number of nitrogens with two attached hydrogens (primary N) is 1. The van der Waals surface area contributed by atoms with Crippen LogP contribution in [0.15, 0.2) is 29.4 Å². The molecule has 1 aliphatic rings. The van der Waals surface area contributed by atoms with Crippen molar-refractivity contribution in [3.8, 4) is 0 Å². The SMILES string of the molecule is CC1CC(C(=O)Nc2ccc(F)cc2)(/C(N)=N/O)C1. The molecule has 1 amide bonds. The predicted octanol–water partition coefficient (Wildman–Crippen LogP) is 1.93. The van der Waals surface area contributed by atoms with Crippen LogP contribution in [0.2, 0.25) is 0 Å². The molecule has 1 aromatic rings. The van der Waals surface area contributed by atoms with Crippen molar-refractivity contribution in [3.63, 3.8) is 0 Å². The minimum absolute atomic E-state index is 0.0785. The molecule has 0 atom stereocenters. The Morgan fingerprint density at radius 1 is 1.47 bits per heavy atom. The van der Waals surface area contributed by atoms with Crippen LogP contribution in [-0.4, -0.2) is 17.0 Å². The van der Waals surface area contributed by atoms with Crippen molar-refractivity contribution in [1.82, 2.24) is 0 Å². The first kappa shape index (κ1) is 13.3. The molecule has 1 aromatic carbocycles. The summed E-state index contributed by atoms with van der Waals surface area (Å²) in [6.07, 6.45) is 1.08. The van der Waals surface area contributed by atoms with Crippen molar-refractivity contribution in [2.75, 3.05) is 5.32 Å². The van der Waals surface area contributed by atoms with Gasteiger partial charge in [-0.1, -0.05) is 12.1 Å². The van der Waals surface area contributed by atoms with Crippen LogP contribution in [0.5, 0.6) is 0 Å². The molecule has 19 heavy (non-hydrogen) atoms. The zero-order valence-electron chi connectivity index (χ0n) is 10.6. The summed E-state index contributed by atoms with van der Waals surface area (Å²) in [6, 6.07) is 5.45. The molecule has 0 heterocycles. The van der Waals surface area contributed by atoms with Crippen molar-refractivity contribution in [2.24, 2.45) is 22.2 Å². The third-order valence-electron chi connectivity index (χ3n) is 3.53. The standard InChI is InChI=1S/C13H16FN3O2/c1-8-6-13(7-8,11(15)17-19)12(18)16-10-4-2-9(14)3-5-10/h2-5,8,19H,6-7H2,1H3,(H2,15,17)(H,16,18). The van der Waals surface area contributed by atoms with E-state index >= 15 is 0 Å². The molecule has 6 heteroatoms. The van der Waals surface area contributed by atoms with Crippen molar-refractivity contribution >= 4 is 17.4 Å². The lowest BCUT2D eigenvalue weighted by Gasteiger charge is -2.43. The highest BCUT2D eigenvalue weighted by atomic mass is 19.1. The molecule has 102 valence electrons. The number of carbonyl (C=O) groups excluding carboxylic acids is 1. The Bertz CT molecular complexity index is 507. The molecule has 1 aliphatic carbocycles. The number of anilines is 1. The second-order valence-electron chi connectivity index (χ2n) is 5.04. The number of amidine groups is 1. The number of amides is 1. The summed E-state index contributed by atoms with van der Waals surface area (Å²) < 4.78 is 12.8. The largest absolute Gasteiger partial charge is 0.409 e. The van der Waals surface area contributed by atoms with E-state index in [1.165, 1.54) is 24.3 Å². The predicted molar refractivity (Wildman–Crippen MR) is 69.3 cm³/mol. The summed E-state index contributed by atoms with van der Waals surface area (Å²) in [4.78, 5) is 12.3. The Morgan fingerprint density at radius 3 is 2.53 bits per heavy atom. The van der Waals surface area contributed by atoms with E-state index in [0.29, 0.717) is 24.4 Å². The Hall–Kier alpha value is -2.11. The fourth-order valence-corrected chi connectivity index (χ4v) is 2.52. The van der Waals surface area contributed by atoms with E-state index in [1.54, 1.807) is 0 Å². The van der Waals surface area contributed by atoms with Gasteiger partial charge in [0.05, 0.1) is 0 Å². The fraction of sp³-hybridized carbons (Fsp3) is 0.385. The third-order valence-corrected chi connectivity index (χ3v) is 3.53. The first-order valence-electron chi connectivity index (χ1n) is 6.03. The first-order valence-corrected chi connectivity index (χ1v) is 6.03. The van der Waals surface area contributed by atoms with E-state index in [9.17, 15) is 9.18 Å². The number of nitrogens with zero attached hydrogens (tertiary/aromatic N) is 1. The molecule has 0 bridgehead atoms. The van der Waals surface area contributed by atoms with Crippen LogP contribution < -0.4 is 11.1 Å². The Labute approximate surface area is 110 Å². The van der Waals surface area contributed by atoms with E-state index in [0.717, 1.165) is 0 Å². The second kappa shape index (κ2) is 4.87. The van der Waals surface area contributed by atoms with Gasteiger partial charge < -0.3 is 16.3 Å². The number of halogens is 1. The zero-order valence-corrected chi connectivity index (χ0v) is 10.6. The maximum atomic E-state index is 12.8. The number of oxime groups is 1. The molecule has 0 radical (unpaired) electrons. The summed E-state index contributed by atoms with van der Waals surface area (Å²) in [5.74, 6) is -0.432. The van der Waals surface area contributed by atoms with Gasteiger partial charge >= 0.3 is 0 Å². The molecule has 0 unspecified atom stereocenters. The number of carbonyl (C=O) groups is 1. The average Bonchev–Trinajstić information content (AvgIpc) is 2.36. The van der Waals surface area contributed by atoms with E-state index in [-0.39, 0.29) is 17.6 Å². The van der Waals surface area contributed by atoms with Crippen LogP contribution in [0.4, 0.5) is 10.1 Å². The number of hydrogen-bond donors (Lipinski definition) is 3. The van der Waals surface area contributed by atoms with Gasteiger partial charge in [-0.25, -0.2) is 4.39 Å². The smallest absolute Gasteiger partial charge is 0.238 e. The van der Waals surface area contributed by atoms with Gasteiger partial charge in [0.15, 0.2) is 5.84 Å². The van der Waals surface area contributed by atoms with Crippen LogP contribution in [-0.2, 0) is 4.79 Å².